The fourth-order valence-electron chi connectivity index (χ4n) is 3.60. The van der Waals surface area contributed by atoms with Crippen LogP contribution in [0.25, 0.3) is 0 Å². The van der Waals surface area contributed by atoms with Crippen molar-refractivity contribution in [2.45, 2.75) is 70.6 Å². The van der Waals surface area contributed by atoms with Gasteiger partial charge in [-0.1, -0.05) is 19.4 Å². The summed E-state index contributed by atoms with van der Waals surface area (Å²) >= 11 is 0. The van der Waals surface area contributed by atoms with E-state index >= 15 is 0 Å². The van der Waals surface area contributed by atoms with Crippen LogP contribution in [0.15, 0.2) is 18.2 Å². The topological polar surface area (TPSA) is 21.3 Å². The molecule has 2 aliphatic heterocycles. The van der Waals surface area contributed by atoms with E-state index in [-0.39, 0.29) is 0 Å². The lowest BCUT2D eigenvalue weighted by Gasteiger charge is -2.40. The van der Waals surface area contributed by atoms with Crippen molar-refractivity contribution in [2.75, 3.05) is 0 Å². The van der Waals surface area contributed by atoms with Crippen molar-refractivity contribution in [3.05, 3.63) is 29.3 Å². The van der Waals surface area contributed by atoms with Crippen LogP contribution in [0.2, 0.25) is 0 Å². The fraction of sp³-hybridized carbons (Fsp3) is 0.647. The molecule has 2 nitrogen and oxygen atoms in total. The highest BCUT2D eigenvalue weighted by molar-refractivity contribution is 5.34. The average Bonchev–Trinajstić information content (AvgIpc) is 2.37. The fourth-order valence-corrected chi connectivity index (χ4v) is 3.60. The van der Waals surface area contributed by atoms with Crippen molar-refractivity contribution in [3.8, 4) is 5.75 Å². The molecular weight excluding hydrogens is 234 g/mol. The number of piperidine rings is 2. The van der Waals surface area contributed by atoms with Crippen molar-refractivity contribution in [3.63, 3.8) is 0 Å². The van der Waals surface area contributed by atoms with E-state index in [9.17, 15) is 0 Å². The van der Waals surface area contributed by atoms with Gasteiger partial charge in [0.2, 0.25) is 0 Å². The van der Waals surface area contributed by atoms with Gasteiger partial charge >= 0.3 is 0 Å². The van der Waals surface area contributed by atoms with Gasteiger partial charge in [-0.3, -0.25) is 0 Å². The number of benzene rings is 1. The van der Waals surface area contributed by atoms with Crippen LogP contribution in [0.1, 0.15) is 50.2 Å². The molecule has 2 saturated heterocycles. The van der Waals surface area contributed by atoms with Gasteiger partial charge in [-0.05, 0) is 62.3 Å². The molecule has 2 aliphatic rings. The Balaban J connectivity index is 1.69. The van der Waals surface area contributed by atoms with E-state index in [0.29, 0.717) is 18.2 Å². The Morgan fingerprint density at radius 3 is 2.58 bits per heavy atom. The molecule has 0 saturated carbocycles. The summed E-state index contributed by atoms with van der Waals surface area (Å²) < 4.78 is 6.28. The Hall–Kier alpha value is -1.02. The second-order valence-electron chi connectivity index (χ2n) is 6.21. The van der Waals surface area contributed by atoms with Gasteiger partial charge in [0.1, 0.15) is 11.9 Å². The number of nitrogens with one attached hydrogen (secondary N) is 1. The van der Waals surface area contributed by atoms with Crippen LogP contribution in [-0.4, -0.2) is 18.2 Å². The molecule has 0 amide bonds. The predicted molar refractivity (Wildman–Crippen MR) is 78.8 cm³/mol. The molecule has 1 aromatic carbocycles. The molecule has 2 atom stereocenters. The summed E-state index contributed by atoms with van der Waals surface area (Å²) in [5.74, 6) is 1.07. The molecule has 2 heterocycles. The monoisotopic (exact) mass is 259 g/mol. The molecule has 104 valence electrons. The van der Waals surface area contributed by atoms with Gasteiger partial charge < -0.3 is 10.1 Å². The molecule has 0 spiro atoms. The van der Waals surface area contributed by atoms with Crippen LogP contribution < -0.4 is 10.1 Å². The molecule has 2 heteroatoms. The zero-order valence-electron chi connectivity index (χ0n) is 12.1. The summed E-state index contributed by atoms with van der Waals surface area (Å²) in [6.07, 6.45) is 7.87. The van der Waals surface area contributed by atoms with Gasteiger partial charge in [0.15, 0.2) is 0 Å². The first kappa shape index (κ1) is 13.0. The molecule has 2 bridgehead atoms. The van der Waals surface area contributed by atoms with Crippen LogP contribution in [0.3, 0.4) is 0 Å². The highest BCUT2D eigenvalue weighted by Gasteiger charge is 2.32. The van der Waals surface area contributed by atoms with Gasteiger partial charge in [-0.25, -0.2) is 0 Å². The Morgan fingerprint density at radius 1 is 1.16 bits per heavy atom. The van der Waals surface area contributed by atoms with E-state index in [0.717, 1.165) is 12.2 Å². The summed E-state index contributed by atoms with van der Waals surface area (Å²) in [4.78, 5) is 0. The lowest BCUT2D eigenvalue weighted by Crippen LogP contribution is -2.51. The summed E-state index contributed by atoms with van der Waals surface area (Å²) in [5.41, 5.74) is 2.69. The molecule has 19 heavy (non-hydrogen) atoms. The second-order valence-corrected chi connectivity index (χ2v) is 6.21. The quantitative estimate of drug-likeness (QED) is 0.895. The van der Waals surface area contributed by atoms with Gasteiger partial charge in [0.25, 0.3) is 0 Å². The maximum absolute atomic E-state index is 6.28. The summed E-state index contributed by atoms with van der Waals surface area (Å²) in [6, 6.07) is 8.02. The molecule has 0 aromatic heterocycles. The molecule has 0 radical (unpaired) electrons. The maximum atomic E-state index is 6.28. The Bertz CT molecular complexity index is 431. The largest absolute Gasteiger partial charge is 0.490 e. The van der Waals surface area contributed by atoms with Crippen molar-refractivity contribution in [1.29, 1.82) is 0 Å². The summed E-state index contributed by atoms with van der Waals surface area (Å²) in [5, 5.41) is 3.72. The second kappa shape index (κ2) is 5.54. The summed E-state index contributed by atoms with van der Waals surface area (Å²) in [7, 11) is 0. The number of ether oxygens (including phenoxy) is 1. The normalized spacial score (nSPS) is 30.1. The van der Waals surface area contributed by atoms with Gasteiger partial charge in [-0.15, -0.1) is 0 Å². The summed E-state index contributed by atoms with van der Waals surface area (Å²) in [6.45, 7) is 4.36. The minimum atomic E-state index is 0.406. The standard InChI is InChI=1S/C17H25NO/c1-3-13-7-12(2)8-16(9-13)19-17-10-14-5-4-6-15(11-17)18-14/h7-9,14-15,17-18H,3-6,10-11H2,1-2H3. The molecule has 1 aromatic rings. The van der Waals surface area contributed by atoms with E-state index in [1.807, 2.05) is 0 Å². The highest BCUT2D eigenvalue weighted by atomic mass is 16.5. The van der Waals surface area contributed by atoms with Crippen molar-refractivity contribution < 1.29 is 4.74 Å². The number of hydrogen-bond donors (Lipinski definition) is 1. The molecular formula is C17H25NO. The van der Waals surface area contributed by atoms with Crippen molar-refractivity contribution in [1.82, 2.24) is 5.32 Å². The van der Waals surface area contributed by atoms with E-state index in [2.05, 4.69) is 37.4 Å². The van der Waals surface area contributed by atoms with Crippen molar-refractivity contribution >= 4 is 0 Å². The zero-order chi connectivity index (χ0) is 13.2. The Morgan fingerprint density at radius 2 is 1.89 bits per heavy atom. The molecule has 0 aliphatic carbocycles. The van der Waals surface area contributed by atoms with E-state index in [1.54, 1.807) is 0 Å². The maximum Gasteiger partial charge on any atom is 0.120 e. The third-order valence-electron chi connectivity index (χ3n) is 4.49. The first-order valence-corrected chi connectivity index (χ1v) is 7.76. The molecule has 3 rings (SSSR count). The Labute approximate surface area is 116 Å². The first-order chi connectivity index (χ1) is 9.22. The van der Waals surface area contributed by atoms with E-state index in [1.165, 1.54) is 43.2 Å². The smallest absolute Gasteiger partial charge is 0.120 e. The molecule has 1 N–H and O–H groups in total. The van der Waals surface area contributed by atoms with Crippen LogP contribution in [0.5, 0.6) is 5.75 Å². The average molecular weight is 259 g/mol. The third kappa shape index (κ3) is 3.11. The van der Waals surface area contributed by atoms with Gasteiger partial charge in [0, 0.05) is 12.1 Å². The minimum absolute atomic E-state index is 0.406. The van der Waals surface area contributed by atoms with E-state index < -0.39 is 0 Å². The van der Waals surface area contributed by atoms with Crippen LogP contribution in [-0.2, 0) is 6.42 Å². The zero-order valence-corrected chi connectivity index (χ0v) is 12.1. The number of rotatable bonds is 3. The lowest BCUT2D eigenvalue weighted by molar-refractivity contribution is 0.0926. The predicted octanol–water partition coefficient (Wildman–Crippen LogP) is 3.61. The number of hydrogen-bond acceptors (Lipinski definition) is 2. The lowest BCUT2D eigenvalue weighted by atomic mass is 9.85. The van der Waals surface area contributed by atoms with Crippen molar-refractivity contribution in [2.24, 2.45) is 0 Å². The third-order valence-corrected chi connectivity index (χ3v) is 4.49. The number of aryl methyl sites for hydroxylation is 2. The molecule has 2 unspecified atom stereocenters. The van der Waals surface area contributed by atoms with Gasteiger partial charge in [-0.2, -0.15) is 0 Å². The SMILES string of the molecule is CCc1cc(C)cc(OC2CC3CCCC(C2)N3)c1. The van der Waals surface area contributed by atoms with Crippen LogP contribution >= 0.6 is 0 Å². The number of fused-ring (bicyclic) bond motifs is 2. The highest BCUT2D eigenvalue weighted by Crippen LogP contribution is 2.29. The van der Waals surface area contributed by atoms with E-state index in [4.69, 9.17) is 4.74 Å². The van der Waals surface area contributed by atoms with Gasteiger partial charge in [0.05, 0.1) is 0 Å². The first-order valence-electron chi connectivity index (χ1n) is 7.76. The molecule has 2 fully saturated rings. The van der Waals surface area contributed by atoms with Crippen LogP contribution in [0, 0.1) is 6.92 Å². The minimum Gasteiger partial charge on any atom is -0.490 e. The van der Waals surface area contributed by atoms with Crippen LogP contribution in [0.4, 0.5) is 0 Å². The Kier molecular flexibility index (Phi) is 3.79.